The molecule has 1 heterocycles. The van der Waals surface area contributed by atoms with Crippen LogP contribution in [-0.2, 0) is 6.54 Å². The molecule has 0 bridgehead atoms. The lowest BCUT2D eigenvalue weighted by atomic mass is 9.86. The minimum absolute atomic E-state index is 0.543. The fraction of sp³-hybridized carbons (Fsp3) is 0.846. The molecule has 1 N–H and O–H groups in total. The van der Waals surface area contributed by atoms with Crippen LogP contribution in [0.25, 0.3) is 0 Å². The van der Waals surface area contributed by atoms with Crippen LogP contribution in [0.4, 0.5) is 6.01 Å². The van der Waals surface area contributed by atoms with Crippen molar-refractivity contribution in [2.45, 2.75) is 52.1 Å². The number of aromatic nitrogens is 2. The molecule has 2 unspecified atom stereocenters. The Bertz CT molecular complexity index is 366. The number of nitrogens with zero attached hydrogens (tertiary/aromatic N) is 3. The molecule has 1 aromatic rings. The van der Waals surface area contributed by atoms with Gasteiger partial charge >= 0.3 is 6.01 Å². The van der Waals surface area contributed by atoms with Crippen LogP contribution in [-0.4, -0.2) is 29.8 Å². The normalized spacial score (nSPS) is 24.2. The molecule has 1 aliphatic carbocycles. The number of anilines is 1. The van der Waals surface area contributed by atoms with Crippen LogP contribution in [0.3, 0.4) is 0 Å². The number of hydrogen-bond acceptors (Lipinski definition) is 5. The Hall–Kier alpha value is -1.10. The monoisotopic (exact) mass is 252 g/mol. The van der Waals surface area contributed by atoms with Crippen molar-refractivity contribution in [1.29, 1.82) is 0 Å². The molecule has 5 heteroatoms. The van der Waals surface area contributed by atoms with Gasteiger partial charge in [-0.15, -0.1) is 5.10 Å². The summed E-state index contributed by atoms with van der Waals surface area (Å²) in [4.78, 5) is 2.15. The van der Waals surface area contributed by atoms with Gasteiger partial charge in [-0.2, -0.15) is 0 Å². The molecule has 0 aliphatic heterocycles. The number of nitrogens with one attached hydrogen (secondary N) is 1. The molecule has 0 amide bonds. The molecule has 102 valence electrons. The molecular weight excluding hydrogens is 228 g/mol. The van der Waals surface area contributed by atoms with Crippen LogP contribution in [0.15, 0.2) is 4.42 Å². The summed E-state index contributed by atoms with van der Waals surface area (Å²) in [5.41, 5.74) is 0. The van der Waals surface area contributed by atoms with Gasteiger partial charge < -0.3 is 14.6 Å². The van der Waals surface area contributed by atoms with Gasteiger partial charge in [0, 0.05) is 13.1 Å². The molecule has 1 aromatic heterocycles. The van der Waals surface area contributed by atoms with Crippen LogP contribution in [0.2, 0.25) is 0 Å². The molecule has 1 saturated carbocycles. The lowest BCUT2D eigenvalue weighted by Crippen LogP contribution is -2.35. The van der Waals surface area contributed by atoms with Crippen LogP contribution in [0.5, 0.6) is 0 Å². The lowest BCUT2D eigenvalue weighted by Gasteiger charge is -2.32. The zero-order valence-electron chi connectivity index (χ0n) is 11.6. The van der Waals surface area contributed by atoms with Gasteiger partial charge in [-0.25, -0.2) is 0 Å². The molecule has 18 heavy (non-hydrogen) atoms. The van der Waals surface area contributed by atoms with E-state index in [9.17, 15) is 0 Å². The van der Waals surface area contributed by atoms with Gasteiger partial charge in [0.25, 0.3) is 0 Å². The Morgan fingerprint density at radius 1 is 1.39 bits per heavy atom. The zero-order valence-corrected chi connectivity index (χ0v) is 11.6. The molecule has 5 nitrogen and oxygen atoms in total. The lowest BCUT2D eigenvalue weighted by molar-refractivity contribution is 0.325. The third-order valence-corrected chi connectivity index (χ3v) is 3.74. The minimum Gasteiger partial charge on any atom is -0.407 e. The smallest absolute Gasteiger partial charge is 0.318 e. The Labute approximate surface area is 109 Å². The van der Waals surface area contributed by atoms with Crippen LogP contribution < -0.4 is 10.2 Å². The molecule has 0 aromatic carbocycles. The summed E-state index contributed by atoms with van der Waals surface area (Å²) in [5.74, 6) is 1.47. The highest BCUT2D eigenvalue weighted by molar-refractivity contribution is 5.24. The second-order valence-corrected chi connectivity index (χ2v) is 5.30. The minimum atomic E-state index is 0.543. The maximum absolute atomic E-state index is 5.68. The first kappa shape index (κ1) is 13.3. The van der Waals surface area contributed by atoms with Crippen molar-refractivity contribution < 1.29 is 4.42 Å². The molecule has 2 rings (SSSR count). The zero-order chi connectivity index (χ0) is 13.0. The third kappa shape index (κ3) is 3.22. The van der Waals surface area contributed by atoms with Crippen molar-refractivity contribution in [2.75, 3.05) is 18.5 Å². The Balaban J connectivity index is 1.95. The standard InChI is InChI=1S/C13H24N4O/c1-4-14-9-12-15-16-13(18-12)17(3)11-7-5-6-10(2)8-11/h10-11,14H,4-9H2,1-3H3. The predicted octanol–water partition coefficient (Wildman–Crippen LogP) is 2.19. The molecule has 0 radical (unpaired) electrons. The molecular formula is C13H24N4O. The Kier molecular flexibility index (Phi) is 4.58. The van der Waals surface area contributed by atoms with E-state index in [1.807, 2.05) is 0 Å². The van der Waals surface area contributed by atoms with E-state index in [1.165, 1.54) is 25.7 Å². The largest absolute Gasteiger partial charge is 0.407 e. The van der Waals surface area contributed by atoms with Crippen molar-refractivity contribution in [3.05, 3.63) is 5.89 Å². The van der Waals surface area contributed by atoms with E-state index in [-0.39, 0.29) is 0 Å². The van der Waals surface area contributed by atoms with Crippen LogP contribution in [0, 0.1) is 5.92 Å². The number of hydrogen-bond donors (Lipinski definition) is 1. The first-order valence-corrected chi connectivity index (χ1v) is 6.96. The molecule has 0 saturated heterocycles. The SMILES string of the molecule is CCNCc1nnc(N(C)C2CCCC(C)C2)o1. The summed E-state index contributed by atoms with van der Waals surface area (Å²) in [7, 11) is 2.06. The number of rotatable bonds is 5. The van der Waals surface area contributed by atoms with Gasteiger partial charge in [0.15, 0.2) is 0 Å². The summed E-state index contributed by atoms with van der Waals surface area (Å²) < 4.78 is 5.68. The fourth-order valence-electron chi connectivity index (χ4n) is 2.60. The van der Waals surface area contributed by atoms with Gasteiger partial charge in [-0.1, -0.05) is 31.8 Å². The highest BCUT2D eigenvalue weighted by atomic mass is 16.4. The van der Waals surface area contributed by atoms with E-state index in [0.29, 0.717) is 24.5 Å². The summed E-state index contributed by atoms with van der Waals surface area (Å²) in [6.07, 6.45) is 5.10. The Morgan fingerprint density at radius 2 is 2.22 bits per heavy atom. The molecule has 0 spiro atoms. The maximum atomic E-state index is 5.68. The first-order valence-electron chi connectivity index (χ1n) is 6.96. The van der Waals surface area contributed by atoms with E-state index in [0.717, 1.165) is 12.5 Å². The quantitative estimate of drug-likeness (QED) is 0.870. The van der Waals surface area contributed by atoms with Crippen LogP contribution in [0.1, 0.15) is 45.4 Å². The molecule has 2 atom stereocenters. The second kappa shape index (κ2) is 6.18. The van der Waals surface area contributed by atoms with Gasteiger partial charge in [-0.05, 0) is 25.3 Å². The highest BCUT2D eigenvalue weighted by Crippen LogP contribution is 2.28. The van der Waals surface area contributed by atoms with Crippen LogP contribution >= 0.6 is 0 Å². The Morgan fingerprint density at radius 3 is 2.94 bits per heavy atom. The van der Waals surface area contributed by atoms with E-state index in [1.54, 1.807) is 0 Å². The summed E-state index contributed by atoms with van der Waals surface area (Å²) >= 11 is 0. The van der Waals surface area contributed by atoms with E-state index < -0.39 is 0 Å². The van der Waals surface area contributed by atoms with E-state index in [2.05, 4.69) is 41.3 Å². The molecule has 1 aliphatic rings. The molecule has 1 fully saturated rings. The first-order chi connectivity index (χ1) is 8.70. The van der Waals surface area contributed by atoms with Crippen molar-refractivity contribution in [3.63, 3.8) is 0 Å². The highest BCUT2D eigenvalue weighted by Gasteiger charge is 2.25. The maximum Gasteiger partial charge on any atom is 0.318 e. The summed E-state index contributed by atoms with van der Waals surface area (Å²) in [5, 5.41) is 11.4. The summed E-state index contributed by atoms with van der Waals surface area (Å²) in [6, 6.07) is 1.20. The third-order valence-electron chi connectivity index (χ3n) is 3.74. The van der Waals surface area contributed by atoms with E-state index >= 15 is 0 Å². The van der Waals surface area contributed by atoms with Gasteiger partial charge in [-0.3, -0.25) is 0 Å². The average molecular weight is 252 g/mol. The van der Waals surface area contributed by atoms with Gasteiger partial charge in [0.05, 0.1) is 6.54 Å². The van der Waals surface area contributed by atoms with Gasteiger partial charge in [0.1, 0.15) is 0 Å². The van der Waals surface area contributed by atoms with Gasteiger partial charge in [0.2, 0.25) is 5.89 Å². The van der Waals surface area contributed by atoms with Crippen molar-refractivity contribution in [2.24, 2.45) is 5.92 Å². The fourth-order valence-corrected chi connectivity index (χ4v) is 2.60. The topological polar surface area (TPSA) is 54.2 Å². The predicted molar refractivity (Wildman–Crippen MR) is 71.5 cm³/mol. The van der Waals surface area contributed by atoms with E-state index in [4.69, 9.17) is 4.42 Å². The average Bonchev–Trinajstić information content (AvgIpc) is 2.84. The van der Waals surface area contributed by atoms with Crippen molar-refractivity contribution in [3.8, 4) is 0 Å². The van der Waals surface area contributed by atoms with Crippen molar-refractivity contribution >= 4 is 6.01 Å². The second-order valence-electron chi connectivity index (χ2n) is 5.30. The van der Waals surface area contributed by atoms with Crippen molar-refractivity contribution in [1.82, 2.24) is 15.5 Å². The summed E-state index contributed by atoms with van der Waals surface area (Å²) in [6.45, 7) is 5.95.